The lowest BCUT2D eigenvalue weighted by Gasteiger charge is -2.24. The van der Waals surface area contributed by atoms with Crippen molar-refractivity contribution in [3.63, 3.8) is 0 Å². The van der Waals surface area contributed by atoms with Crippen LogP contribution in [0.15, 0.2) is 0 Å². The van der Waals surface area contributed by atoms with Crippen molar-refractivity contribution in [1.82, 2.24) is 10.2 Å². The summed E-state index contributed by atoms with van der Waals surface area (Å²) in [6.07, 6.45) is 4.20. The Kier molecular flexibility index (Phi) is 4.25. The first-order valence-electron chi connectivity index (χ1n) is 6.78. The molecule has 104 valence electrons. The molecule has 0 radical (unpaired) electrons. The maximum atomic E-state index is 12.1. The Hall–Kier alpha value is -1.77. The number of carbonyl (C=O) groups excluding carboxylic acids is 1. The molecule has 2 saturated carbocycles. The van der Waals surface area contributed by atoms with Gasteiger partial charge >= 0.3 is 12.0 Å². The van der Waals surface area contributed by atoms with Gasteiger partial charge in [-0.2, -0.15) is 5.26 Å². The number of carboxylic acids is 1. The smallest absolute Gasteiger partial charge is 0.317 e. The van der Waals surface area contributed by atoms with Crippen LogP contribution in [-0.2, 0) is 4.79 Å². The van der Waals surface area contributed by atoms with Crippen LogP contribution < -0.4 is 5.32 Å². The third kappa shape index (κ3) is 3.60. The van der Waals surface area contributed by atoms with Gasteiger partial charge in [0, 0.05) is 18.6 Å². The number of hydrogen-bond acceptors (Lipinski definition) is 3. The highest BCUT2D eigenvalue weighted by atomic mass is 16.4. The highest BCUT2D eigenvalue weighted by Gasteiger charge is 2.35. The molecule has 2 aliphatic rings. The van der Waals surface area contributed by atoms with E-state index < -0.39 is 5.97 Å². The fraction of sp³-hybridized carbons (Fsp3) is 0.769. The van der Waals surface area contributed by atoms with Gasteiger partial charge in [0.25, 0.3) is 0 Å². The molecule has 0 aromatic heterocycles. The van der Waals surface area contributed by atoms with Gasteiger partial charge in [0.15, 0.2) is 0 Å². The van der Waals surface area contributed by atoms with Crippen LogP contribution in [0.25, 0.3) is 0 Å². The van der Waals surface area contributed by atoms with Gasteiger partial charge < -0.3 is 15.3 Å². The van der Waals surface area contributed by atoms with E-state index in [9.17, 15) is 9.59 Å². The second-order valence-corrected chi connectivity index (χ2v) is 5.33. The summed E-state index contributed by atoms with van der Waals surface area (Å²) >= 11 is 0. The number of nitriles is 1. The Morgan fingerprint density at radius 2 is 2.05 bits per heavy atom. The molecular weight excluding hydrogens is 246 g/mol. The fourth-order valence-corrected chi connectivity index (χ4v) is 2.60. The molecule has 0 aromatic rings. The summed E-state index contributed by atoms with van der Waals surface area (Å²) in [6.45, 7) is 0.460. The van der Waals surface area contributed by atoms with Crippen LogP contribution in [0.4, 0.5) is 4.79 Å². The van der Waals surface area contributed by atoms with Crippen LogP contribution in [0.1, 0.15) is 38.5 Å². The SMILES string of the molecule is N#CCCN(C(=O)N[C@H]1CC[C@@H](C(=O)O)C1)C1CC1. The van der Waals surface area contributed by atoms with Gasteiger partial charge in [-0.3, -0.25) is 4.79 Å². The molecule has 6 heteroatoms. The lowest BCUT2D eigenvalue weighted by Crippen LogP contribution is -2.45. The summed E-state index contributed by atoms with van der Waals surface area (Å²) in [5, 5.41) is 20.4. The molecule has 2 amide bonds. The van der Waals surface area contributed by atoms with Gasteiger partial charge in [-0.1, -0.05) is 0 Å². The van der Waals surface area contributed by atoms with E-state index in [1.54, 1.807) is 4.90 Å². The number of nitrogens with one attached hydrogen (secondary N) is 1. The number of amides is 2. The monoisotopic (exact) mass is 265 g/mol. The summed E-state index contributed by atoms with van der Waals surface area (Å²) in [4.78, 5) is 24.7. The van der Waals surface area contributed by atoms with Gasteiger partial charge in [0.2, 0.25) is 0 Å². The minimum Gasteiger partial charge on any atom is -0.481 e. The van der Waals surface area contributed by atoms with Crippen molar-refractivity contribution >= 4 is 12.0 Å². The number of carboxylic acid groups (broad SMARTS) is 1. The van der Waals surface area contributed by atoms with E-state index in [-0.39, 0.29) is 24.0 Å². The Bertz CT molecular complexity index is 400. The van der Waals surface area contributed by atoms with E-state index in [0.717, 1.165) is 19.3 Å². The van der Waals surface area contributed by atoms with Crippen molar-refractivity contribution in [2.24, 2.45) is 5.92 Å². The molecule has 2 fully saturated rings. The summed E-state index contributed by atoms with van der Waals surface area (Å²) in [7, 11) is 0. The zero-order chi connectivity index (χ0) is 13.8. The van der Waals surface area contributed by atoms with Crippen molar-refractivity contribution in [2.45, 2.75) is 50.6 Å². The molecule has 2 rings (SSSR count). The maximum Gasteiger partial charge on any atom is 0.317 e. The van der Waals surface area contributed by atoms with E-state index in [1.807, 2.05) is 0 Å². The van der Waals surface area contributed by atoms with Crippen LogP contribution in [0.3, 0.4) is 0 Å². The fourth-order valence-electron chi connectivity index (χ4n) is 2.60. The molecule has 0 saturated heterocycles. The number of aliphatic carboxylic acids is 1. The average molecular weight is 265 g/mol. The molecule has 0 spiro atoms. The van der Waals surface area contributed by atoms with Crippen LogP contribution in [-0.4, -0.2) is 40.6 Å². The normalized spacial score (nSPS) is 25.6. The summed E-state index contributed by atoms with van der Waals surface area (Å²) in [5.74, 6) is -1.11. The van der Waals surface area contributed by atoms with Crippen LogP contribution >= 0.6 is 0 Å². The Morgan fingerprint density at radius 1 is 1.32 bits per heavy atom. The second-order valence-electron chi connectivity index (χ2n) is 5.33. The molecule has 0 heterocycles. The average Bonchev–Trinajstić information content (AvgIpc) is 3.09. The van der Waals surface area contributed by atoms with E-state index in [4.69, 9.17) is 10.4 Å². The van der Waals surface area contributed by atoms with Gasteiger partial charge in [-0.15, -0.1) is 0 Å². The summed E-state index contributed by atoms with van der Waals surface area (Å²) in [6, 6.07) is 2.13. The number of nitrogens with zero attached hydrogens (tertiary/aromatic N) is 2. The summed E-state index contributed by atoms with van der Waals surface area (Å²) in [5.41, 5.74) is 0. The van der Waals surface area contributed by atoms with E-state index >= 15 is 0 Å². The maximum absolute atomic E-state index is 12.1. The van der Waals surface area contributed by atoms with Crippen molar-refractivity contribution in [3.05, 3.63) is 0 Å². The van der Waals surface area contributed by atoms with Gasteiger partial charge in [0.05, 0.1) is 18.4 Å². The molecule has 19 heavy (non-hydrogen) atoms. The van der Waals surface area contributed by atoms with Gasteiger partial charge in [-0.05, 0) is 32.1 Å². The lowest BCUT2D eigenvalue weighted by atomic mass is 10.1. The predicted octanol–water partition coefficient (Wildman–Crippen LogP) is 1.33. The Labute approximate surface area is 112 Å². The zero-order valence-electron chi connectivity index (χ0n) is 10.8. The third-order valence-corrected chi connectivity index (χ3v) is 3.82. The third-order valence-electron chi connectivity index (χ3n) is 3.82. The zero-order valence-corrected chi connectivity index (χ0v) is 10.8. The number of rotatable bonds is 5. The minimum absolute atomic E-state index is 0.0445. The molecule has 0 aliphatic heterocycles. The minimum atomic E-state index is -0.778. The van der Waals surface area contributed by atoms with Crippen molar-refractivity contribution in [3.8, 4) is 6.07 Å². The number of hydrogen-bond donors (Lipinski definition) is 2. The number of urea groups is 1. The predicted molar refractivity (Wildman–Crippen MR) is 67.3 cm³/mol. The first kappa shape index (κ1) is 13.7. The Morgan fingerprint density at radius 3 is 2.58 bits per heavy atom. The standard InChI is InChI=1S/C13H19N3O3/c14-6-1-7-16(11-4-5-11)13(19)15-10-3-2-9(8-10)12(17)18/h9-11H,1-5,7-8H2,(H,15,19)(H,17,18)/t9-,10+/m1/s1. The van der Waals surface area contributed by atoms with Crippen LogP contribution in [0, 0.1) is 17.2 Å². The van der Waals surface area contributed by atoms with Gasteiger partial charge in [0.1, 0.15) is 0 Å². The van der Waals surface area contributed by atoms with Crippen molar-refractivity contribution in [1.29, 1.82) is 5.26 Å². The molecule has 2 N–H and O–H groups in total. The highest BCUT2D eigenvalue weighted by molar-refractivity contribution is 5.76. The Balaban J connectivity index is 1.82. The van der Waals surface area contributed by atoms with E-state index in [2.05, 4.69) is 11.4 Å². The summed E-state index contributed by atoms with van der Waals surface area (Å²) < 4.78 is 0. The quantitative estimate of drug-likeness (QED) is 0.784. The number of carbonyl (C=O) groups is 2. The molecule has 6 nitrogen and oxygen atoms in total. The van der Waals surface area contributed by atoms with Crippen molar-refractivity contribution < 1.29 is 14.7 Å². The topological polar surface area (TPSA) is 93.4 Å². The first-order chi connectivity index (χ1) is 9.11. The van der Waals surface area contributed by atoms with Crippen molar-refractivity contribution in [2.75, 3.05) is 6.54 Å². The van der Waals surface area contributed by atoms with Gasteiger partial charge in [-0.25, -0.2) is 4.79 Å². The molecular formula is C13H19N3O3. The molecule has 0 bridgehead atoms. The largest absolute Gasteiger partial charge is 0.481 e. The molecule has 2 atom stereocenters. The molecule has 0 aromatic carbocycles. The highest BCUT2D eigenvalue weighted by Crippen LogP contribution is 2.29. The van der Waals surface area contributed by atoms with Crippen LogP contribution in [0.2, 0.25) is 0 Å². The van der Waals surface area contributed by atoms with E-state index in [1.165, 1.54) is 0 Å². The van der Waals surface area contributed by atoms with Crippen LogP contribution in [0.5, 0.6) is 0 Å². The lowest BCUT2D eigenvalue weighted by molar-refractivity contribution is -0.141. The second kappa shape index (κ2) is 5.91. The van der Waals surface area contributed by atoms with E-state index in [0.29, 0.717) is 25.8 Å². The first-order valence-corrected chi connectivity index (χ1v) is 6.78. The molecule has 2 aliphatic carbocycles. The molecule has 0 unspecified atom stereocenters.